The highest BCUT2D eigenvalue weighted by molar-refractivity contribution is 7.15. The lowest BCUT2D eigenvalue weighted by molar-refractivity contribution is -0.145. The molecule has 2 amide bonds. The quantitative estimate of drug-likeness (QED) is 0.708. The summed E-state index contributed by atoms with van der Waals surface area (Å²) in [6.45, 7) is 3.67. The summed E-state index contributed by atoms with van der Waals surface area (Å²) in [4.78, 5) is 36.0. The Morgan fingerprint density at radius 3 is 2.42 bits per heavy atom. The van der Waals surface area contributed by atoms with E-state index in [0.29, 0.717) is 5.56 Å². The number of carbonyl (C=O) groups is 3. The molecule has 1 unspecified atom stereocenters. The second kappa shape index (κ2) is 9.47. The van der Waals surface area contributed by atoms with E-state index in [1.165, 1.54) is 0 Å². The van der Waals surface area contributed by atoms with Crippen LogP contribution in [0.1, 0.15) is 35.3 Å². The molecule has 0 spiro atoms. The van der Waals surface area contributed by atoms with E-state index in [2.05, 4.69) is 20.8 Å². The maximum absolute atomic E-state index is 12.4. The summed E-state index contributed by atoms with van der Waals surface area (Å²) in [5.74, 6) is -1.13. The molecule has 2 N–H and O–H groups in total. The minimum absolute atomic E-state index is 0.140. The van der Waals surface area contributed by atoms with Crippen molar-refractivity contribution in [1.82, 2.24) is 15.5 Å². The van der Waals surface area contributed by atoms with Crippen molar-refractivity contribution >= 4 is 34.4 Å². The molecule has 0 saturated heterocycles. The number of hydrogen-bond donors (Lipinski definition) is 2. The molecule has 0 radical (unpaired) electrons. The van der Waals surface area contributed by atoms with Gasteiger partial charge < -0.3 is 14.8 Å². The van der Waals surface area contributed by atoms with Crippen molar-refractivity contribution in [2.45, 2.75) is 19.9 Å². The number of benzene rings is 1. The van der Waals surface area contributed by atoms with Crippen molar-refractivity contribution in [3.8, 4) is 0 Å². The van der Waals surface area contributed by atoms with Crippen LogP contribution in [-0.2, 0) is 14.3 Å². The number of ether oxygens (including phenoxy) is 2. The molecule has 1 heterocycles. The Hall–Kier alpha value is -3.01. The van der Waals surface area contributed by atoms with Gasteiger partial charge in [0.2, 0.25) is 5.13 Å². The third-order valence-electron chi connectivity index (χ3n) is 3.01. The predicted molar refractivity (Wildman–Crippen MR) is 93.8 cm³/mol. The average molecular weight is 378 g/mol. The lowest BCUT2D eigenvalue weighted by Gasteiger charge is -2.14. The van der Waals surface area contributed by atoms with Gasteiger partial charge in [-0.1, -0.05) is 29.5 Å². The highest BCUT2D eigenvalue weighted by atomic mass is 32.1. The molecule has 0 saturated carbocycles. The lowest BCUT2D eigenvalue weighted by atomic mass is 10.2. The molecular formula is C16H18N4O5S. The van der Waals surface area contributed by atoms with E-state index < -0.39 is 24.0 Å². The Labute approximate surface area is 153 Å². The van der Waals surface area contributed by atoms with Gasteiger partial charge >= 0.3 is 12.1 Å². The Morgan fingerprint density at radius 1 is 1.08 bits per heavy atom. The van der Waals surface area contributed by atoms with E-state index in [1.54, 1.807) is 44.2 Å². The zero-order valence-electron chi connectivity index (χ0n) is 14.2. The zero-order chi connectivity index (χ0) is 18.9. The van der Waals surface area contributed by atoms with Crippen LogP contribution < -0.4 is 10.6 Å². The van der Waals surface area contributed by atoms with E-state index in [-0.39, 0.29) is 23.4 Å². The van der Waals surface area contributed by atoms with Crippen LogP contribution in [0.3, 0.4) is 0 Å². The molecule has 2 rings (SSSR count). The van der Waals surface area contributed by atoms with Gasteiger partial charge in [0.05, 0.1) is 13.2 Å². The first-order valence-electron chi connectivity index (χ1n) is 7.84. The van der Waals surface area contributed by atoms with E-state index in [1.807, 2.05) is 0 Å². The van der Waals surface area contributed by atoms with E-state index >= 15 is 0 Å². The van der Waals surface area contributed by atoms with Gasteiger partial charge in [-0.05, 0) is 26.0 Å². The third-order valence-corrected chi connectivity index (χ3v) is 3.91. The van der Waals surface area contributed by atoms with Gasteiger partial charge in [-0.25, -0.2) is 9.59 Å². The number of anilines is 1. The standard InChI is InChI=1S/C16H18N4O5S/c1-3-24-14(22)11(17-12(21)10-8-6-5-7-9-10)13-19-20-15(26-13)18-16(23)25-4-2/h5-9,11H,3-4H2,1-2H3,(H,17,21)(H,18,20,23). The maximum Gasteiger partial charge on any atom is 0.413 e. The van der Waals surface area contributed by atoms with Crippen LogP contribution >= 0.6 is 11.3 Å². The van der Waals surface area contributed by atoms with Crippen LogP contribution in [0.15, 0.2) is 30.3 Å². The summed E-state index contributed by atoms with van der Waals surface area (Å²) in [6, 6.07) is 7.29. The molecular weight excluding hydrogens is 360 g/mol. The smallest absolute Gasteiger partial charge is 0.413 e. The summed E-state index contributed by atoms with van der Waals surface area (Å²) < 4.78 is 9.75. The van der Waals surface area contributed by atoms with Crippen LogP contribution in [0.4, 0.5) is 9.93 Å². The third kappa shape index (κ3) is 5.24. The van der Waals surface area contributed by atoms with Crippen molar-refractivity contribution in [1.29, 1.82) is 0 Å². The first-order chi connectivity index (χ1) is 12.5. The first-order valence-corrected chi connectivity index (χ1v) is 8.66. The SMILES string of the molecule is CCOC(=O)Nc1nnc(C(NC(=O)c2ccccc2)C(=O)OCC)s1. The van der Waals surface area contributed by atoms with E-state index in [0.717, 1.165) is 11.3 Å². The second-order valence-electron chi connectivity index (χ2n) is 4.82. The van der Waals surface area contributed by atoms with E-state index in [9.17, 15) is 14.4 Å². The van der Waals surface area contributed by atoms with Crippen LogP contribution in [0.2, 0.25) is 0 Å². The molecule has 0 bridgehead atoms. The van der Waals surface area contributed by atoms with Gasteiger partial charge in [-0.3, -0.25) is 10.1 Å². The van der Waals surface area contributed by atoms with Gasteiger partial charge in [0.15, 0.2) is 11.0 Å². The van der Waals surface area contributed by atoms with Gasteiger partial charge in [-0.2, -0.15) is 0 Å². The van der Waals surface area contributed by atoms with Crippen LogP contribution in [0.25, 0.3) is 0 Å². The van der Waals surface area contributed by atoms with Crippen LogP contribution in [0, 0.1) is 0 Å². The summed E-state index contributed by atoms with van der Waals surface area (Å²) in [5, 5.41) is 12.9. The summed E-state index contributed by atoms with van der Waals surface area (Å²) >= 11 is 0.937. The van der Waals surface area contributed by atoms with Crippen molar-refractivity contribution in [3.63, 3.8) is 0 Å². The molecule has 0 aliphatic heterocycles. The fourth-order valence-electron chi connectivity index (χ4n) is 1.91. The Bertz CT molecular complexity index is 765. The molecule has 26 heavy (non-hydrogen) atoms. The molecule has 10 heteroatoms. The second-order valence-corrected chi connectivity index (χ2v) is 5.82. The zero-order valence-corrected chi connectivity index (χ0v) is 15.0. The number of carbonyl (C=O) groups excluding carboxylic acids is 3. The molecule has 1 aromatic heterocycles. The fourth-order valence-corrected chi connectivity index (χ4v) is 2.68. The molecule has 0 aliphatic rings. The number of aromatic nitrogens is 2. The van der Waals surface area contributed by atoms with E-state index in [4.69, 9.17) is 9.47 Å². The van der Waals surface area contributed by atoms with Gasteiger partial charge in [0, 0.05) is 5.56 Å². The molecule has 1 atom stereocenters. The monoisotopic (exact) mass is 378 g/mol. The molecule has 1 aromatic carbocycles. The topological polar surface area (TPSA) is 120 Å². The fraction of sp³-hybridized carbons (Fsp3) is 0.312. The molecule has 2 aromatic rings. The highest BCUT2D eigenvalue weighted by Gasteiger charge is 2.28. The summed E-state index contributed by atoms with van der Waals surface area (Å²) in [7, 11) is 0. The van der Waals surface area contributed by atoms with Gasteiger partial charge in [0.25, 0.3) is 5.91 Å². The first kappa shape index (κ1) is 19.3. The average Bonchev–Trinajstić information content (AvgIpc) is 3.08. The number of nitrogens with zero attached hydrogens (tertiary/aromatic N) is 2. The number of rotatable bonds is 7. The number of amides is 2. The molecule has 9 nitrogen and oxygen atoms in total. The lowest BCUT2D eigenvalue weighted by Crippen LogP contribution is -2.35. The number of hydrogen-bond acceptors (Lipinski definition) is 8. The summed E-state index contributed by atoms with van der Waals surface area (Å²) in [5.41, 5.74) is 0.385. The predicted octanol–water partition coefficient (Wildman–Crippen LogP) is 2.14. The molecule has 0 aliphatic carbocycles. The molecule has 0 fully saturated rings. The minimum atomic E-state index is -1.14. The number of nitrogens with one attached hydrogen (secondary N) is 2. The van der Waals surface area contributed by atoms with Crippen molar-refractivity contribution in [2.24, 2.45) is 0 Å². The van der Waals surface area contributed by atoms with Crippen molar-refractivity contribution in [3.05, 3.63) is 40.9 Å². The van der Waals surface area contributed by atoms with Gasteiger partial charge in [-0.15, -0.1) is 10.2 Å². The van der Waals surface area contributed by atoms with Crippen molar-refractivity contribution < 1.29 is 23.9 Å². The van der Waals surface area contributed by atoms with Gasteiger partial charge in [0.1, 0.15) is 0 Å². The molecule has 138 valence electrons. The van der Waals surface area contributed by atoms with Crippen LogP contribution in [-0.4, -0.2) is 41.4 Å². The van der Waals surface area contributed by atoms with Crippen molar-refractivity contribution in [2.75, 3.05) is 18.5 Å². The number of esters is 1. The Balaban J connectivity index is 2.17. The maximum atomic E-state index is 12.4. The normalized spacial score (nSPS) is 11.3. The Morgan fingerprint density at radius 2 is 1.77 bits per heavy atom. The largest absolute Gasteiger partial charge is 0.464 e. The summed E-state index contributed by atoms with van der Waals surface area (Å²) in [6.07, 6.45) is -0.684. The minimum Gasteiger partial charge on any atom is -0.464 e. The highest BCUT2D eigenvalue weighted by Crippen LogP contribution is 2.23. The van der Waals surface area contributed by atoms with Crippen LogP contribution in [0.5, 0.6) is 0 Å². The Kier molecular flexibility index (Phi) is 7.03.